The number of carbonyl (C=O) groups is 2. The first-order valence-corrected chi connectivity index (χ1v) is 8.35. The van der Waals surface area contributed by atoms with Crippen LogP contribution in [0.15, 0.2) is 66.9 Å². The Labute approximate surface area is 157 Å². The molecule has 2 aromatic carbocycles. The number of pyridine rings is 1. The third-order valence-electron chi connectivity index (χ3n) is 3.93. The van der Waals surface area contributed by atoms with Crippen molar-refractivity contribution in [1.82, 2.24) is 4.98 Å². The highest BCUT2D eigenvalue weighted by molar-refractivity contribution is 6.08. The SMILES string of the molecule is COC(=O)c1ccccc1NC(=O)c1ccnc(Nc2ccc(C)cc2)c1. The number of hydrogen-bond donors (Lipinski definition) is 2. The number of esters is 1. The highest BCUT2D eigenvalue weighted by Crippen LogP contribution is 2.19. The lowest BCUT2D eigenvalue weighted by Gasteiger charge is -2.11. The van der Waals surface area contributed by atoms with Crippen molar-refractivity contribution in [2.75, 3.05) is 17.7 Å². The fraction of sp³-hybridized carbons (Fsp3) is 0.0952. The fourth-order valence-corrected chi connectivity index (χ4v) is 2.50. The number of nitrogens with one attached hydrogen (secondary N) is 2. The number of amides is 1. The van der Waals surface area contributed by atoms with Crippen LogP contribution in [0.2, 0.25) is 0 Å². The standard InChI is InChI=1S/C21H19N3O3/c1-14-7-9-16(10-8-14)23-19-13-15(11-12-22-19)20(25)24-18-6-4-3-5-17(18)21(26)27-2/h3-13H,1-2H3,(H,22,23)(H,24,25). The Balaban J connectivity index is 1.78. The Morgan fingerprint density at radius 2 is 1.74 bits per heavy atom. The molecule has 0 spiro atoms. The molecule has 1 heterocycles. The molecule has 136 valence electrons. The Kier molecular flexibility index (Phi) is 5.47. The van der Waals surface area contributed by atoms with Crippen molar-refractivity contribution in [1.29, 1.82) is 0 Å². The minimum atomic E-state index is -0.512. The van der Waals surface area contributed by atoms with Crippen LogP contribution in [0.5, 0.6) is 0 Å². The number of aromatic nitrogens is 1. The molecular formula is C21H19N3O3. The minimum absolute atomic E-state index is 0.292. The van der Waals surface area contributed by atoms with Crippen molar-refractivity contribution < 1.29 is 14.3 Å². The third-order valence-corrected chi connectivity index (χ3v) is 3.93. The van der Waals surface area contributed by atoms with E-state index in [1.165, 1.54) is 7.11 Å². The number of rotatable bonds is 5. The Morgan fingerprint density at radius 3 is 2.48 bits per heavy atom. The zero-order valence-corrected chi connectivity index (χ0v) is 15.0. The highest BCUT2D eigenvalue weighted by atomic mass is 16.5. The van der Waals surface area contributed by atoms with E-state index in [1.54, 1.807) is 42.6 Å². The van der Waals surface area contributed by atoms with Gasteiger partial charge in [-0.25, -0.2) is 9.78 Å². The number of para-hydroxylation sites is 1. The number of hydrogen-bond acceptors (Lipinski definition) is 5. The number of aryl methyl sites for hydroxylation is 1. The van der Waals surface area contributed by atoms with Crippen LogP contribution in [0.4, 0.5) is 17.2 Å². The normalized spacial score (nSPS) is 10.1. The predicted octanol–water partition coefficient (Wildman–Crippen LogP) is 4.17. The predicted molar refractivity (Wildman–Crippen MR) is 104 cm³/mol. The summed E-state index contributed by atoms with van der Waals surface area (Å²) < 4.78 is 4.75. The summed E-state index contributed by atoms with van der Waals surface area (Å²) >= 11 is 0. The van der Waals surface area contributed by atoms with Gasteiger partial charge >= 0.3 is 5.97 Å². The summed E-state index contributed by atoms with van der Waals surface area (Å²) in [5.74, 6) is -0.309. The highest BCUT2D eigenvalue weighted by Gasteiger charge is 2.14. The second-order valence-electron chi connectivity index (χ2n) is 5.91. The number of methoxy groups -OCH3 is 1. The Morgan fingerprint density at radius 1 is 1.00 bits per heavy atom. The smallest absolute Gasteiger partial charge is 0.339 e. The van der Waals surface area contributed by atoms with Crippen LogP contribution >= 0.6 is 0 Å². The van der Waals surface area contributed by atoms with Gasteiger partial charge in [-0.05, 0) is 43.3 Å². The van der Waals surface area contributed by atoms with Gasteiger partial charge in [-0.3, -0.25) is 4.79 Å². The second-order valence-corrected chi connectivity index (χ2v) is 5.91. The summed E-state index contributed by atoms with van der Waals surface area (Å²) in [7, 11) is 1.30. The van der Waals surface area contributed by atoms with Crippen molar-refractivity contribution >= 4 is 29.1 Å². The van der Waals surface area contributed by atoms with Crippen LogP contribution in [0.3, 0.4) is 0 Å². The maximum Gasteiger partial charge on any atom is 0.339 e. The number of anilines is 3. The molecule has 6 heteroatoms. The quantitative estimate of drug-likeness (QED) is 0.667. The van der Waals surface area contributed by atoms with Crippen LogP contribution in [0.25, 0.3) is 0 Å². The van der Waals surface area contributed by atoms with Crippen LogP contribution in [0, 0.1) is 6.92 Å². The zero-order chi connectivity index (χ0) is 19.2. The monoisotopic (exact) mass is 361 g/mol. The molecule has 1 amide bonds. The molecule has 2 N–H and O–H groups in total. The molecule has 0 atom stereocenters. The lowest BCUT2D eigenvalue weighted by atomic mass is 10.1. The molecule has 27 heavy (non-hydrogen) atoms. The number of ether oxygens (including phenoxy) is 1. The van der Waals surface area contributed by atoms with E-state index in [1.807, 2.05) is 31.2 Å². The topological polar surface area (TPSA) is 80.3 Å². The van der Waals surface area contributed by atoms with E-state index < -0.39 is 5.97 Å². The van der Waals surface area contributed by atoms with E-state index in [4.69, 9.17) is 4.74 Å². The molecule has 0 bridgehead atoms. The Bertz CT molecular complexity index is 968. The summed E-state index contributed by atoms with van der Waals surface area (Å²) in [6.45, 7) is 2.01. The summed E-state index contributed by atoms with van der Waals surface area (Å²) in [5.41, 5.74) is 3.13. The molecular weight excluding hydrogens is 342 g/mol. The average Bonchev–Trinajstić information content (AvgIpc) is 2.70. The van der Waals surface area contributed by atoms with Crippen molar-refractivity contribution in [3.8, 4) is 0 Å². The van der Waals surface area contributed by atoms with Gasteiger partial charge in [-0.2, -0.15) is 0 Å². The van der Waals surface area contributed by atoms with Crippen LogP contribution in [-0.4, -0.2) is 24.0 Å². The van der Waals surface area contributed by atoms with Gasteiger partial charge in [0, 0.05) is 17.4 Å². The van der Waals surface area contributed by atoms with Crippen molar-refractivity contribution in [3.63, 3.8) is 0 Å². The van der Waals surface area contributed by atoms with E-state index >= 15 is 0 Å². The summed E-state index contributed by atoms with van der Waals surface area (Å²) in [4.78, 5) is 28.7. The maximum atomic E-state index is 12.6. The minimum Gasteiger partial charge on any atom is -0.465 e. The first-order chi connectivity index (χ1) is 13.1. The van der Waals surface area contributed by atoms with Gasteiger partial charge in [0.1, 0.15) is 5.82 Å². The third kappa shape index (κ3) is 4.49. The van der Waals surface area contributed by atoms with Gasteiger partial charge in [-0.15, -0.1) is 0 Å². The lowest BCUT2D eigenvalue weighted by molar-refractivity contribution is 0.0602. The molecule has 1 aromatic heterocycles. The van der Waals surface area contributed by atoms with Crippen LogP contribution < -0.4 is 10.6 Å². The van der Waals surface area contributed by atoms with Gasteiger partial charge in [0.25, 0.3) is 5.91 Å². The molecule has 0 aliphatic rings. The van der Waals surface area contributed by atoms with Gasteiger partial charge in [0.05, 0.1) is 18.4 Å². The first-order valence-electron chi connectivity index (χ1n) is 8.35. The zero-order valence-electron chi connectivity index (χ0n) is 15.0. The molecule has 0 radical (unpaired) electrons. The van der Waals surface area contributed by atoms with Crippen molar-refractivity contribution in [2.45, 2.75) is 6.92 Å². The lowest BCUT2D eigenvalue weighted by Crippen LogP contribution is -2.15. The van der Waals surface area contributed by atoms with E-state index in [-0.39, 0.29) is 5.91 Å². The molecule has 0 aliphatic carbocycles. The van der Waals surface area contributed by atoms with E-state index in [2.05, 4.69) is 15.6 Å². The summed E-state index contributed by atoms with van der Waals surface area (Å²) in [6, 6.07) is 17.8. The molecule has 3 aromatic rings. The van der Waals surface area contributed by atoms with Crippen molar-refractivity contribution in [3.05, 3.63) is 83.6 Å². The molecule has 0 fully saturated rings. The first kappa shape index (κ1) is 18.1. The van der Waals surface area contributed by atoms with Gasteiger partial charge in [-0.1, -0.05) is 29.8 Å². The molecule has 6 nitrogen and oxygen atoms in total. The number of carbonyl (C=O) groups excluding carboxylic acids is 2. The second kappa shape index (κ2) is 8.14. The number of nitrogens with zero attached hydrogens (tertiary/aromatic N) is 1. The van der Waals surface area contributed by atoms with E-state index in [0.717, 1.165) is 11.3 Å². The van der Waals surface area contributed by atoms with Crippen molar-refractivity contribution in [2.24, 2.45) is 0 Å². The van der Waals surface area contributed by atoms with E-state index in [9.17, 15) is 9.59 Å². The summed E-state index contributed by atoms with van der Waals surface area (Å²) in [6.07, 6.45) is 1.55. The molecule has 0 unspecified atom stereocenters. The largest absolute Gasteiger partial charge is 0.465 e. The van der Waals surface area contributed by atoms with Crippen LogP contribution in [-0.2, 0) is 4.74 Å². The van der Waals surface area contributed by atoms with Crippen LogP contribution in [0.1, 0.15) is 26.3 Å². The molecule has 0 saturated heterocycles. The maximum absolute atomic E-state index is 12.6. The molecule has 0 saturated carbocycles. The number of benzene rings is 2. The Hall–Kier alpha value is -3.67. The van der Waals surface area contributed by atoms with Gasteiger partial charge in [0.2, 0.25) is 0 Å². The molecule has 3 rings (SSSR count). The van der Waals surface area contributed by atoms with Gasteiger partial charge < -0.3 is 15.4 Å². The average molecular weight is 361 g/mol. The van der Waals surface area contributed by atoms with Gasteiger partial charge in [0.15, 0.2) is 0 Å². The fourth-order valence-electron chi connectivity index (χ4n) is 2.50. The molecule has 0 aliphatic heterocycles. The summed E-state index contributed by atoms with van der Waals surface area (Å²) in [5, 5.41) is 5.91. The van der Waals surface area contributed by atoms with E-state index in [0.29, 0.717) is 22.6 Å².